The van der Waals surface area contributed by atoms with Crippen molar-refractivity contribution in [1.82, 2.24) is 0 Å². The standard InChI is InChI=1S/C17H26N2O/c1-13(2)19(16-10-8-14(12-18)9-11-16)17(20)15-6-4-3-5-7-15/h8-11,13,15H,3-7,12,18H2,1-2H3. The molecular weight excluding hydrogens is 248 g/mol. The number of nitrogens with two attached hydrogens (primary N) is 1. The fourth-order valence-electron chi connectivity index (χ4n) is 3.02. The topological polar surface area (TPSA) is 46.3 Å². The first kappa shape index (κ1) is 15.0. The summed E-state index contributed by atoms with van der Waals surface area (Å²) in [6.45, 7) is 4.70. The van der Waals surface area contributed by atoms with Crippen molar-refractivity contribution in [2.24, 2.45) is 11.7 Å². The lowest BCUT2D eigenvalue weighted by Gasteiger charge is -2.32. The van der Waals surface area contributed by atoms with Crippen LogP contribution in [0, 0.1) is 5.92 Å². The van der Waals surface area contributed by atoms with E-state index in [4.69, 9.17) is 5.73 Å². The number of carbonyl (C=O) groups excluding carboxylic acids is 1. The monoisotopic (exact) mass is 274 g/mol. The van der Waals surface area contributed by atoms with Crippen LogP contribution in [0.3, 0.4) is 0 Å². The summed E-state index contributed by atoms with van der Waals surface area (Å²) in [4.78, 5) is 14.8. The quantitative estimate of drug-likeness (QED) is 0.914. The molecule has 0 radical (unpaired) electrons. The van der Waals surface area contributed by atoms with Crippen LogP contribution in [0.1, 0.15) is 51.5 Å². The molecule has 1 amide bonds. The Hall–Kier alpha value is -1.35. The molecule has 2 N–H and O–H groups in total. The number of rotatable bonds is 4. The van der Waals surface area contributed by atoms with Gasteiger partial charge in [-0.1, -0.05) is 31.4 Å². The molecule has 1 aliphatic carbocycles. The molecule has 110 valence electrons. The van der Waals surface area contributed by atoms with Crippen molar-refractivity contribution in [2.45, 2.75) is 58.5 Å². The van der Waals surface area contributed by atoms with Gasteiger partial charge in [0, 0.05) is 24.2 Å². The van der Waals surface area contributed by atoms with Crippen LogP contribution in [0.5, 0.6) is 0 Å². The molecule has 1 saturated carbocycles. The van der Waals surface area contributed by atoms with Gasteiger partial charge in [-0.05, 0) is 44.4 Å². The zero-order valence-electron chi connectivity index (χ0n) is 12.6. The third kappa shape index (κ3) is 3.40. The number of nitrogens with zero attached hydrogens (tertiary/aromatic N) is 1. The smallest absolute Gasteiger partial charge is 0.230 e. The fourth-order valence-corrected chi connectivity index (χ4v) is 3.02. The Morgan fingerprint density at radius 1 is 1.20 bits per heavy atom. The summed E-state index contributed by atoms with van der Waals surface area (Å²) >= 11 is 0. The summed E-state index contributed by atoms with van der Waals surface area (Å²) in [5, 5.41) is 0. The zero-order valence-corrected chi connectivity index (χ0v) is 12.6. The van der Waals surface area contributed by atoms with E-state index in [9.17, 15) is 4.79 Å². The van der Waals surface area contributed by atoms with Crippen LogP contribution in [0.15, 0.2) is 24.3 Å². The molecule has 3 heteroatoms. The first-order valence-electron chi connectivity index (χ1n) is 7.75. The Kier molecular flexibility index (Phi) is 5.18. The van der Waals surface area contributed by atoms with Gasteiger partial charge >= 0.3 is 0 Å². The first-order valence-corrected chi connectivity index (χ1v) is 7.75. The van der Waals surface area contributed by atoms with E-state index in [1.165, 1.54) is 19.3 Å². The van der Waals surface area contributed by atoms with Gasteiger partial charge in [-0.2, -0.15) is 0 Å². The number of benzene rings is 1. The molecule has 0 aliphatic heterocycles. The highest BCUT2D eigenvalue weighted by Gasteiger charge is 2.28. The van der Waals surface area contributed by atoms with E-state index in [2.05, 4.69) is 13.8 Å². The predicted molar refractivity (Wildman–Crippen MR) is 83.5 cm³/mol. The Labute approximate surface area is 122 Å². The lowest BCUT2D eigenvalue weighted by atomic mass is 9.88. The van der Waals surface area contributed by atoms with Gasteiger partial charge in [-0.25, -0.2) is 0 Å². The SMILES string of the molecule is CC(C)N(C(=O)C1CCCCC1)c1ccc(CN)cc1. The van der Waals surface area contributed by atoms with Crippen LogP contribution >= 0.6 is 0 Å². The summed E-state index contributed by atoms with van der Waals surface area (Å²) in [6.07, 6.45) is 5.74. The van der Waals surface area contributed by atoms with Gasteiger partial charge in [0.1, 0.15) is 0 Å². The van der Waals surface area contributed by atoms with Gasteiger partial charge in [0.05, 0.1) is 0 Å². The molecule has 0 aromatic heterocycles. The van der Waals surface area contributed by atoms with E-state index >= 15 is 0 Å². The summed E-state index contributed by atoms with van der Waals surface area (Å²) in [5.74, 6) is 0.500. The van der Waals surface area contributed by atoms with Crippen LogP contribution in [-0.2, 0) is 11.3 Å². The molecule has 0 saturated heterocycles. The normalized spacial score (nSPS) is 16.4. The molecule has 0 bridgehead atoms. The van der Waals surface area contributed by atoms with Crippen LogP contribution < -0.4 is 10.6 Å². The maximum Gasteiger partial charge on any atom is 0.230 e. The second kappa shape index (κ2) is 6.89. The van der Waals surface area contributed by atoms with Crippen molar-refractivity contribution in [2.75, 3.05) is 4.90 Å². The Balaban J connectivity index is 2.18. The average Bonchev–Trinajstić information content (AvgIpc) is 2.48. The summed E-state index contributed by atoms with van der Waals surface area (Å²) in [7, 11) is 0. The molecule has 0 heterocycles. The first-order chi connectivity index (χ1) is 9.63. The van der Waals surface area contributed by atoms with Gasteiger partial charge in [-0.3, -0.25) is 4.79 Å². The molecule has 2 rings (SSSR count). The van der Waals surface area contributed by atoms with E-state index in [-0.39, 0.29) is 12.0 Å². The second-order valence-corrected chi connectivity index (χ2v) is 6.01. The van der Waals surface area contributed by atoms with Gasteiger partial charge in [0.2, 0.25) is 5.91 Å². The van der Waals surface area contributed by atoms with Crippen molar-refractivity contribution in [3.05, 3.63) is 29.8 Å². The van der Waals surface area contributed by atoms with Crippen LogP contribution in [0.4, 0.5) is 5.69 Å². The summed E-state index contributed by atoms with van der Waals surface area (Å²) in [5.41, 5.74) is 7.72. The molecule has 0 atom stereocenters. The largest absolute Gasteiger partial charge is 0.326 e. The van der Waals surface area contributed by atoms with Gasteiger partial charge < -0.3 is 10.6 Å². The van der Waals surface area contributed by atoms with Crippen molar-refractivity contribution in [1.29, 1.82) is 0 Å². The third-order valence-corrected chi connectivity index (χ3v) is 4.16. The number of amides is 1. The molecule has 20 heavy (non-hydrogen) atoms. The van der Waals surface area contributed by atoms with Crippen LogP contribution in [-0.4, -0.2) is 11.9 Å². The number of carbonyl (C=O) groups is 1. The van der Waals surface area contributed by atoms with Crippen molar-refractivity contribution in [3.63, 3.8) is 0 Å². The van der Waals surface area contributed by atoms with Crippen molar-refractivity contribution >= 4 is 11.6 Å². The minimum absolute atomic E-state index is 0.188. The third-order valence-electron chi connectivity index (χ3n) is 4.16. The zero-order chi connectivity index (χ0) is 14.5. The van der Waals surface area contributed by atoms with E-state index in [0.29, 0.717) is 12.5 Å². The van der Waals surface area contributed by atoms with Crippen molar-refractivity contribution < 1.29 is 4.79 Å². The number of anilines is 1. The summed E-state index contributed by atoms with van der Waals surface area (Å²) < 4.78 is 0. The minimum atomic E-state index is 0.188. The van der Waals surface area contributed by atoms with E-state index in [1.807, 2.05) is 29.2 Å². The molecule has 1 aromatic rings. The number of hydrogen-bond donors (Lipinski definition) is 1. The lowest BCUT2D eigenvalue weighted by molar-refractivity contribution is -0.123. The molecule has 0 spiro atoms. The Bertz CT molecular complexity index is 433. The Morgan fingerprint density at radius 3 is 2.30 bits per heavy atom. The molecule has 1 aromatic carbocycles. The van der Waals surface area contributed by atoms with Crippen molar-refractivity contribution in [3.8, 4) is 0 Å². The highest BCUT2D eigenvalue weighted by molar-refractivity contribution is 5.95. The minimum Gasteiger partial charge on any atom is -0.326 e. The van der Waals surface area contributed by atoms with E-state index in [0.717, 1.165) is 24.1 Å². The maximum atomic E-state index is 12.8. The van der Waals surface area contributed by atoms with Gasteiger partial charge in [-0.15, -0.1) is 0 Å². The maximum absolute atomic E-state index is 12.8. The molecule has 3 nitrogen and oxygen atoms in total. The molecule has 0 unspecified atom stereocenters. The highest BCUT2D eigenvalue weighted by Crippen LogP contribution is 2.28. The predicted octanol–water partition coefficient (Wildman–Crippen LogP) is 3.47. The molecular formula is C17H26N2O. The Morgan fingerprint density at radius 2 is 1.80 bits per heavy atom. The fraction of sp³-hybridized carbons (Fsp3) is 0.588. The van der Waals surface area contributed by atoms with Crippen LogP contribution in [0.25, 0.3) is 0 Å². The molecule has 1 fully saturated rings. The van der Waals surface area contributed by atoms with E-state index < -0.39 is 0 Å². The van der Waals surface area contributed by atoms with Crippen LogP contribution in [0.2, 0.25) is 0 Å². The highest BCUT2D eigenvalue weighted by atomic mass is 16.2. The average molecular weight is 274 g/mol. The van der Waals surface area contributed by atoms with Gasteiger partial charge in [0.15, 0.2) is 0 Å². The lowest BCUT2D eigenvalue weighted by Crippen LogP contribution is -2.41. The van der Waals surface area contributed by atoms with E-state index in [1.54, 1.807) is 0 Å². The number of hydrogen-bond acceptors (Lipinski definition) is 2. The summed E-state index contributed by atoms with van der Waals surface area (Å²) in [6, 6.07) is 8.25. The second-order valence-electron chi connectivity index (χ2n) is 6.01. The van der Waals surface area contributed by atoms with Gasteiger partial charge in [0.25, 0.3) is 0 Å². The molecule has 1 aliphatic rings.